The number of ether oxygens (including phenoxy) is 1. The molecule has 1 aromatic rings. The van der Waals surface area contributed by atoms with E-state index in [1.165, 1.54) is 0 Å². The average molecular weight is 263 g/mol. The zero-order valence-electron chi connectivity index (χ0n) is 11.0. The van der Waals surface area contributed by atoms with Crippen LogP contribution in [0, 0.1) is 12.8 Å². The first-order valence-electron chi connectivity index (χ1n) is 6.17. The van der Waals surface area contributed by atoms with Crippen LogP contribution in [0.3, 0.4) is 0 Å². The van der Waals surface area contributed by atoms with Crippen LogP contribution >= 0.6 is 0 Å². The number of nitrogens with one attached hydrogen (secondary N) is 1. The van der Waals surface area contributed by atoms with Crippen LogP contribution in [0.15, 0.2) is 18.2 Å². The highest BCUT2D eigenvalue weighted by Crippen LogP contribution is 2.37. The van der Waals surface area contributed by atoms with E-state index in [0.717, 1.165) is 11.1 Å². The minimum Gasteiger partial charge on any atom is -0.496 e. The number of benzene rings is 1. The summed E-state index contributed by atoms with van der Waals surface area (Å²) in [5, 5.41) is 11.9. The SMILES string of the molecule is COc1c(C)cccc1C1CC(=O)NCC1C(=O)O. The first-order chi connectivity index (χ1) is 9.04. The molecule has 1 aliphatic heterocycles. The second-order valence-corrected chi connectivity index (χ2v) is 4.76. The predicted molar refractivity (Wildman–Crippen MR) is 69.2 cm³/mol. The number of hydrogen-bond acceptors (Lipinski definition) is 3. The zero-order valence-corrected chi connectivity index (χ0v) is 11.0. The number of aliphatic carboxylic acids is 1. The molecule has 1 fully saturated rings. The lowest BCUT2D eigenvalue weighted by Crippen LogP contribution is -2.43. The van der Waals surface area contributed by atoms with Gasteiger partial charge in [0.2, 0.25) is 5.91 Å². The number of carboxylic acid groups (broad SMARTS) is 1. The van der Waals surface area contributed by atoms with E-state index in [2.05, 4.69) is 5.32 Å². The highest BCUT2D eigenvalue weighted by atomic mass is 16.5. The predicted octanol–water partition coefficient (Wildman–Crippen LogP) is 1.31. The van der Waals surface area contributed by atoms with Crippen LogP contribution in [0.4, 0.5) is 0 Å². The summed E-state index contributed by atoms with van der Waals surface area (Å²) in [6.45, 7) is 2.07. The highest BCUT2D eigenvalue weighted by molar-refractivity contribution is 5.82. The fourth-order valence-corrected chi connectivity index (χ4v) is 2.61. The van der Waals surface area contributed by atoms with E-state index in [1.807, 2.05) is 25.1 Å². The summed E-state index contributed by atoms with van der Waals surface area (Å²) < 4.78 is 5.37. The fourth-order valence-electron chi connectivity index (χ4n) is 2.61. The van der Waals surface area contributed by atoms with Crippen molar-refractivity contribution in [3.05, 3.63) is 29.3 Å². The Bertz CT molecular complexity index is 512. The number of piperidine rings is 1. The molecule has 0 saturated carbocycles. The van der Waals surface area contributed by atoms with Crippen molar-refractivity contribution in [2.75, 3.05) is 13.7 Å². The van der Waals surface area contributed by atoms with Crippen LogP contribution in [0.2, 0.25) is 0 Å². The van der Waals surface area contributed by atoms with Crippen molar-refractivity contribution in [2.24, 2.45) is 5.92 Å². The van der Waals surface area contributed by atoms with Crippen molar-refractivity contribution >= 4 is 11.9 Å². The van der Waals surface area contributed by atoms with Gasteiger partial charge in [-0.1, -0.05) is 18.2 Å². The second kappa shape index (κ2) is 5.30. The highest BCUT2D eigenvalue weighted by Gasteiger charge is 2.36. The Labute approximate surface area is 111 Å². The topological polar surface area (TPSA) is 75.6 Å². The molecule has 5 nitrogen and oxygen atoms in total. The van der Waals surface area contributed by atoms with E-state index >= 15 is 0 Å². The van der Waals surface area contributed by atoms with Gasteiger partial charge >= 0.3 is 5.97 Å². The Morgan fingerprint density at radius 2 is 2.21 bits per heavy atom. The maximum absolute atomic E-state index is 11.6. The van der Waals surface area contributed by atoms with Gasteiger partial charge in [-0.25, -0.2) is 0 Å². The van der Waals surface area contributed by atoms with Gasteiger partial charge in [-0.15, -0.1) is 0 Å². The van der Waals surface area contributed by atoms with Crippen LogP contribution in [-0.2, 0) is 9.59 Å². The van der Waals surface area contributed by atoms with E-state index in [0.29, 0.717) is 5.75 Å². The van der Waals surface area contributed by atoms with Gasteiger partial charge in [0, 0.05) is 18.9 Å². The number of aryl methyl sites for hydroxylation is 1. The maximum Gasteiger partial charge on any atom is 0.308 e. The molecule has 0 aromatic heterocycles. The molecule has 1 saturated heterocycles. The van der Waals surface area contributed by atoms with Gasteiger partial charge < -0.3 is 15.2 Å². The van der Waals surface area contributed by atoms with Crippen molar-refractivity contribution < 1.29 is 19.4 Å². The largest absolute Gasteiger partial charge is 0.496 e. The molecule has 0 radical (unpaired) electrons. The van der Waals surface area contributed by atoms with Crippen LogP contribution in [0.1, 0.15) is 23.5 Å². The Balaban J connectivity index is 2.44. The van der Waals surface area contributed by atoms with Crippen molar-refractivity contribution in [1.29, 1.82) is 0 Å². The molecular weight excluding hydrogens is 246 g/mol. The number of methoxy groups -OCH3 is 1. The fraction of sp³-hybridized carbons (Fsp3) is 0.429. The molecule has 102 valence electrons. The first kappa shape index (κ1) is 13.4. The van der Waals surface area contributed by atoms with E-state index in [-0.39, 0.29) is 24.8 Å². The number of para-hydroxylation sites is 1. The van der Waals surface area contributed by atoms with Gasteiger partial charge in [-0.2, -0.15) is 0 Å². The van der Waals surface area contributed by atoms with Gasteiger partial charge in [0.1, 0.15) is 5.75 Å². The molecule has 5 heteroatoms. The van der Waals surface area contributed by atoms with Gasteiger partial charge in [0.25, 0.3) is 0 Å². The van der Waals surface area contributed by atoms with Gasteiger partial charge in [-0.3, -0.25) is 9.59 Å². The minimum atomic E-state index is -0.895. The minimum absolute atomic E-state index is 0.119. The molecule has 0 bridgehead atoms. The van der Waals surface area contributed by atoms with Gasteiger partial charge in [0.15, 0.2) is 0 Å². The third kappa shape index (κ3) is 2.54. The monoisotopic (exact) mass is 263 g/mol. The van der Waals surface area contributed by atoms with E-state index < -0.39 is 11.9 Å². The number of carboxylic acids is 1. The lowest BCUT2D eigenvalue weighted by molar-refractivity contribution is -0.144. The smallest absolute Gasteiger partial charge is 0.308 e. The second-order valence-electron chi connectivity index (χ2n) is 4.76. The Morgan fingerprint density at radius 3 is 2.84 bits per heavy atom. The molecule has 2 unspecified atom stereocenters. The number of carbonyl (C=O) groups excluding carboxylic acids is 1. The molecule has 1 aliphatic rings. The zero-order chi connectivity index (χ0) is 14.0. The van der Waals surface area contributed by atoms with Gasteiger partial charge in [0.05, 0.1) is 13.0 Å². The quantitative estimate of drug-likeness (QED) is 0.862. The van der Waals surface area contributed by atoms with Crippen molar-refractivity contribution in [1.82, 2.24) is 5.32 Å². The molecule has 0 aliphatic carbocycles. The molecule has 1 aromatic carbocycles. The summed E-state index contributed by atoms with van der Waals surface area (Å²) in [4.78, 5) is 22.9. The number of carbonyl (C=O) groups is 2. The first-order valence-corrected chi connectivity index (χ1v) is 6.17. The van der Waals surface area contributed by atoms with Crippen molar-refractivity contribution in [3.8, 4) is 5.75 Å². The molecule has 1 amide bonds. The summed E-state index contributed by atoms with van der Waals surface area (Å²) in [6.07, 6.45) is 0.177. The third-order valence-corrected chi connectivity index (χ3v) is 3.57. The Morgan fingerprint density at radius 1 is 1.47 bits per heavy atom. The maximum atomic E-state index is 11.6. The number of rotatable bonds is 3. The van der Waals surface area contributed by atoms with Gasteiger partial charge in [-0.05, 0) is 18.1 Å². The molecule has 19 heavy (non-hydrogen) atoms. The van der Waals surface area contributed by atoms with E-state index in [4.69, 9.17) is 4.74 Å². The summed E-state index contributed by atoms with van der Waals surface area (Å²) in [6, 6.07) is 5.60. The summed E-state index contributed by atoms with van der Waals surface area (Å²) in [7, 11) is 1.56. The number of amides is 1. The van der Waals surface area contributed by atoms with Crippen LogP contribution < -0.4 is 10.1 Å². The summed E-state index contributed by atoms with van der Waals surface area (Å²) in [5.41, 5.74) is 1.74. The van der Waals surface area contributed by atoms with Crippen LogP contribution in [0.5, 0.6) is 5.75 Å². The summed E-state index contributed by atoms with van der Waals surface area (Å²) >= 11 is 0. The van der Waals surface area contributed by atoms with E-state index in [9.17, 15) is 14.7 Å². The van der Waals surface area contributed by atoms with E-state index in [1.54, 1.807) is 7.11 Å². The molecule has 2 atom stereocenters. The standard InChI is InChI=1S/C14H17NO4/c1-8-4-3-5-9(13(8)19-2)10-6-12(16)15-7-11(10)14(17)18/h3-5,10-11H,6-7H2,1-2H3,(H,15,16)(H,17,18). The van der Waals surface area contributed by atoms with Crippen LogP contribution in [0.25, 0.3) is 0 Å². The molecule has 2 rings (SSSR count). The van der Waals surface area contributed by atoms with Crippen molar-refractivity contribution in [2.45, 2.75) is 19.3 Å². The third-order valence-electron chi connectivity index (χ3n) is 3.57. The molecular formula is C14H17NO4. The molecule has 0 spiro atoms. The lowest BCUT2D eigenvalue weighted by Gasteiger charge is -2.30. The Hall–Kier alpha value is -2.04. The normalized spacial score (nSPS) is 22.7. The number of hydrogen-bond donors (Lipinski definition) is 2. The average Bonchev–Trinajstić information content (AvgIpc) is 2.37. The summed E-state index contributed by atoms with van der Waals surface area (Å²) in [5.74, 6) is -1.30. The van der Waals surface area contributed by atoms with Crippen LogP contribution in [-0.4, -0.2) is 30.6 Å². The Kier molecular flexibility index (Phi) is 3.74. The lowest BCUT2D eigenvalue weighted by atomic mass is 9.80. The molecule has 1 heterocycles. The molecule has 2 N–H and O–H groups in total. The van der Waals surface area contributed by atoms with Crippen molar-refractivity contribution in [3.63, 3.8) is 0 Å².